The Morgan fingerprint density at radius 2 is 1.95 bits per heavy atom. The largest absolute Gasteiger partial charge is 0.396 e. The van der Waals surface area contributed by atoms with E-state index in [1.807, 2.05) is 0 Å². The maximum absolute atomic E-state index is 14.0. The predicted molar refractivity (Wildman–Crippen MR) is 84.3 cm³/mol. The molecule has 1 aromatic rings. The normalized spacial score (nSPS) is 11.8. The number of halogens is 3. The minimum Gasteiger partial charge on any atom is -0.396 e. The maximum atomic E-state index is 14.0. The molecule has 0 bridgehead atoms. The van der Waals surface area contributed by atoms with Crippen molar-refractivity contribution in [2.24, 2.45) is 0 Å². The first-order chi connectivity index (χ1) is 9.81. The van der Waals surface area contributed by atoms with Crippen molar-refractivity contribution in [2.75, 3.05) is 18.9 Å². The van der Waals surface area contributed by atoms with Crippen LogP contribution in [0.25, 0.3) is 0 Å². The molecule has 0 aliphatic rings. The number of aliphatic hydroxyl groups is 1. The van der Waals surface area contributed by atoms with Gasteiger partial charge >= 0.3 is 0 Å². The van der Waals surface area contributed by atoms with E-state index in [4.69, 9.17) is 22.4 Å². The molecule has 1 rings (SSSR count). The third-order valence-corrected chi connectivity index (χ3v) is 5.66. The molecule has 0 saturated carbocycles. The zero-order valence-electron chi connectivity index (χ0n) is 11.2. The first kappa shape index (κ1) is 18.6. The van der Waals surface area contributed by atoms with Crippen LogP contribution in [0.15, 0.2) is 15.4 Å². The van der Waals surface area contributed by atoms with E-state index in [0.717, 1.165) is 18.9 Å². The van der Waals surface area contributed by atoms with Gasteiger partial charge in [0.25, 0.3) is 0 Å². The second-order valence-electron chi connectivity index (χ2n) is 4.43. The van der Waals surface area contributed by atoms with Crippen molar-refractivity contribution in [3.8, 4) is 0 Å². The van der Waals surface area contributed by atoms with Crippen LogP contribution in [0, 0.1) is 5.82 Å². The smallest absolute Gasteiger partial charge is 0.243 e. The molecule has 1 aromatic carbocycles. The molecule has 0 unspecified atom stereocenters. The lowest BCUT2D eigenvalue weighted by Gasteiger charge is -2.11. The molecule has 0 saturated heterocycles. The number of rotatable bonds is 8. The number of nitrogens with one attached hydrogen (secondary N) is 1. The summed E-state index contributed by atoms with van der Waals surface area (Å²) < 4.78 is 40.5. The Hall–Kier alpha value is -0.410. The van der Waals surface area contributed by atoms with E-state index in [0.29, 0.717) is 12.8 Å². The van der Waals surface area contributed by atoms with Crippen molar-refractivity contribution >= 4 is 43.2 Å². The van der Waals surface area contributed by atoms with Crippen LogP contribution in [0.5, 0.6) is 0 Å². The highest BCUT2D eigenvalue weighted by Gasteiger charge is 2.23. The Balaban J connectivity index is 2.75. The molecule has 0 aliphatic heterocycles. The third kappa shape index (κ3) is 5.07. The molecule has 9 heteroatoms. The number of benzene rings is 1. The maximum Gasteiger partial charge on any atom is 0.243 e. The van der Waals surface area contributed by atoms with Gasteiger partial charge < -0.3 is 10.8 Å². The van der Waals surface area contributed by atoms with Crippen LogP contribution in [0.1, 0.15) is 25.7 Å². The summed E-state index contributed by atoms with van der Waals surface area (Å²) in [5, 5.41) is 8.65. The lowest BCUT2D eigenvalue weighted by molar-refractivity contribution is 0.282. The van der Waals surface area contributed by atoms with Crippen LogP contribution in [0.3, 0.4) is 0 Å². The number of nitrogens with two attached hydrogens (primary N) is 1. The summed E-state index contributed by atoms with van der Waals surface area (Å²) in [6.45, 7) is 0.300. The zero-order chi connectivity index (χ0) is 16.0. The molecule has 21 heavy (non-hydrogen) atoms. The van der Waals surface area contributed by atoms with Gasteiger partial charge in [0.1, 0.15) is 4.90 Å². The van der Waals surface area contributed by atoms with Crippen LogP contribution >= 0.6 is 27.5 Å². The van der Waals surface area contributed by atoms with Crippen LogP contribution in [-0.2, 0) is 10.0 Å². The van der Waals surface area contributed by atoms with E-state index in [1.54, 1.807) is 0 Å². The molecule has 0 aromatic heterocycles. The van der Waals surface area contributed by atoms with Gasteiger partial charge in [0.15, 0.2) is 5.82 Å². The molecule has 0 atom stereocenters. The molecule has 0 amide bonds. The zero-order valence-corrected chi connectivity index (χ0v) is 14.4. The van der Waals surface area contributed by atoms with Crippen LogP contribution < -0.4 is 10.5 Å². The van der Waals surface area contributed by atoms with Gasteiger partial charge in [0.2, 0.25) is 10.0 Å². The molecule has 4 N–H and O–H groups in total. The number of aliphatic hydroxyl groups excluding tert-OH is 1. The predicted octanol–water partition coefficient (Wildman–Crippen LogP) is 2.65. The van der Waals surface area contributed by atoms with Crippen molar-refractivity contribution in [3.05, 3.63) is 21.4 Å². The van der Waals surface area contributed by atoms with E-state index in [2.05, 4.69) is 20.7 Å². The van der Waals surface area contributed by atoms with Crippen LogP contribution in [0.4, 0.5) is 10.1 Å². The Morgan fingerprint density at radius 3 is 2.57 bits per heavy atom. The number of hydrogen-bond donors (Lipinski definition) is 3. The number of hydrogen-bond acceptors (Lipinski definition) is 4. The topological polar surface area (TPSA) is 92.4 Å². The van der Waals surface area contributed by atoms with Gasteiger partial charge in [-0.05, 0) is 34.8 Å². The highest BCUT2D eigenvalue weighted by atomic mass is 79.9. The highest BCUT2D eigenvalue weighted by molar-refractivity contribution is 9.10. The van der Waals surface area contributed by atoms with Crippen LogP contribution in [-0.4, -0.2) is 26.7 Å². The summed E-state index contributed by atoms with van der Waals surface area (Å²) in [5.74, 6) is -1.03. The number of nitrogen functional groups attached to an aromatic ring is 1. The van der Waals surface area contributed by atoms with Gasteiger partial charge in [-0.25, -0.2) is 17.5 Å². The summed E-state index contributed by atoms with van der Waals surface area (Å²) in [4.78, 5) is -0.566. The molecular formula is C12H17BrClFN2O3S. The first-order valence-electron chi connectivity index (χ1n) is 6.34. The van der Waals surface area contributed by atoms with Crippen molar-refractivity contribution in [1.29, 1.82) is 0 Å². The highest BCUT2D eigenvalue weighted by Crippen LogP contribution is 2.34. The van der Waals surface area contributed by atoms with Crippen LogP contribution in [0.2, 0.25) is 5.02 Å². The van der Waals surface area contributed by atoms with E-state index in [-0.39, 0.29) is 28.3 Å². The molecule has 0 aliphatic carbocycles. The third-order valence-electron chi connectivity index (χ3n) is 2.82. The van der Waals surface area contributed by atoms with Crippen molar-refractivity contribution < 1.29 is 17.9 Å². The second-order valence-corrected chi connectivity index (χ2v) is 7.37. The standard InChI is InChI=1S/C12H17BrClFN2O3S/c13-10-8(14)7-9(11(15)12(10)16)21(19,20)17-5-3-1-2-4-6-18/h7,17-18H,1-6,16H2. The molecule has 120 valence electrons. The minimum absolute atomic E-state index is 0.0252. The minimum atomic E-state index is -4.01. The lowest BCUT2D eigenvalue weighted by atomic mass is 10.2. The van der Waals surface area contributed by atoms with Crippen molar-refractivity contribution in [2.45, 2.75) is 30.6 Å². The van der Waals surface area contributed by atoms with Crippen molar-refractivity contribution in [1.82, 2.24) is 4.72 Å². The van der Waals surface area contributed by atoms with Gasteiger partial charge in [-0.2, -0.15) is 0 Å². The fourth-order valence-corrected chi connectivity index (χ4v) is 3.42. The lowest BCUT2D eigenvalue weighted by Crippen LogP contribution is -2.26. The fourth-order valence-electron chi connectivity index (χ4n) is 1.67. The summed E-state index contributed by atoms with van der Waals surface area (Å²) in [6.07, 6.45) is 2.86. The van der Waals surface area contributed by atoms with E-state index >= 15 is 0 Å². The number of anilines is 1. The average Bonchev–Trinajstić information content (AvgIpc) is 2.44. The van der Waals surface area contributed by atoms with Gasteiger partial charge in [-0.15, -0.1) is 0 Å². The average molecular weight is 404 g/mol. The second kappa shape index (κ2) is 8.28. The van der Waals surface area contributed by atoms with E-state index in [9.17, 15) is 12.8 Å². The first-order valence-corrected chi connectivity index (χ1v) is 9.00. The monoisotopic (exact) mass is 402 g/mol. The Bertz CT molecular complexity index is 599. The quantitative estimate of drug-likeness (QED) is 0.353. The molecule has 0 spiro atoms. The van der Waals surface area contributed by atoms with Gasteiger partial charge in [0.05, 0.1) is 15.2 Å². The number of unbranched alkanes of at least 4 members (excludes halogenated alkanes) is 3. The molecular weight excluding hydrogens is 387 g/mol. The molecule has 0 fully saturated rings. The summed E-state index contributed by atoms with van der Waals surface area (Å²) in [5.41, 5.74) is 5.13. The van der Waals surface area contributed by atoms with E-state index < -0.39 is 20.7 Å². The fraction of sp³-hybridized carbons (Fsp3) is 0.500. The molecule has 0 radical (unpaired) electrons. The van der Waals surface area contributed by atoms with Gasteiger partial charge in [-0.1, -0.05) is 24.4 Å². The summed E-state index contributed by atoms with van der Waals surface area (Å²) in [6, 6.07) is 1.02. The Kier molecular flexibility index (Phi) is 7.35. The Labute approximate surface area is 136 Å². The number of sulfonamides is 1. The van der Waals surface area contributed by atoms with Gasteiger partial charge in [-0.3, -0.25) is 0 Å². The van der Waals surface area contributed by atoms with Gasteiger partial charge in [0, 0.05) is 13.2 Å². The van der Waals surface area contributed by atoms with Crippen molar-refractivity contribution in [3.63, 3.8) is 0 Å². The summed E-state index contributed by atoms with van der Waals surface area (Å²) in [7, 11) is -4.01. The molecule has 5 nitrogen and oxygen atoms in total. The van der Waals surface area contributed by atoms with E-state index in [1.165, 1.54) is 0 Å². The molecule has 0 heterocycles. The SMILES string of the molecule is Nc1c(F)c(S(=O)(=O)NCCCCCCO)cc(Cl)c1Br. The Morgan fingerprint density at radius 1 is 1.33 bits per heavy atom. The summed E-state index contributed by atoms with van der Waals surface area (Å²) >= 11 is 8.79.